The molecule has 2 heterocycles. The highest BCUT2D eigenvalue weighted by Gasteiger charge is 2.42. The molecule has 4 aromatic carbocycles. The zero-order chi connectivity index (χ0) is 69.1. The van der Waals surface area contributed by atoms with Gasteiger partial charge in [0.25, 0.3) is 0 Å². The van der Waals surface area contributed by atoms with Crippen molar-refractivity contribution >= 4 is 75.0 Å². The summed E-state index contributed by atoms with van der Waals surface area (Å²) in [5.41, 5.74) is 4.49. The van der Waals surface area contributed by atoms with Gasteiger partial charge in [-0.1, -0.05) is 74.5 Å². The minimum atomic E-state index is -5.18. The molecule has 0 saturated carbocycles. The van der Waals surface area contributed by atoms with Gasteiger partial charge in [0.05, 0.1) is 23.7 Å². The molecule has 1 aromatic heterocycles. The van der Waals surface area contributed by atoms with Gasteiger partial charge in [-0.25, -0.2) is 9.59 Å². The number of carbonyl (C=O) groups excluding carboxylic acids is 8. The molecular formula is C61H70F9N9O13S. The number of likely N-dealkylation sites (tertiary alicyclic amines) is 1. The van der Waals surface area contributed by atoms with E-state index in [9.17, 15) is 87.2 Å². The number of phenolic OH excluding ortho intramolecular Hbond substituents is 1. The lowest BCUT2D eigenvalue weighted by molar-refractivity contribution is -0.192. The summed E-state index contributed by atoms with van der Waals surface area (Å²) in [5.74, 6) is -9.93. The second-order valence-corrected chi connectivity index (χ2v) is 23.7. The fraction of sp³-hybridized carbons (Fsp3) is 0.426. The molecule has 22 nitrogen and oxygen atoms in total. The number of benzene rings is 4. The normalized spacial score (nSPS) is 15.6. The summed E-state index contributed by atoms with van der Waals surface area (Å²) in [7, 11) is -1.50. The number of H-pyrrole nitrogens is 1. The largest absolute Gasteiger partial charge is 0.508 e. The number of nitrogens with zero attached hydrogens (tertiary/aromatic N) is 1. The molecule has 1 unspecified atom stereocenters. The summed E-state index contributed by atoms with van der Waals surface area (Å²) in [6.07, 6.45) is -12.7. The number of aliphatic carboxylic acids is 1. The molecule has 0 aliphatic carbocycles. The van der Waals surface area contributed by atoms with Crippen LogP contribution in [-0.4, -0.2) is 151 Å². The van der Waals surface area contributed by atoms with Crippen LogP contribution in [0.5, 0.6) is 5.75 Å². The molecule has 0 spiro atoms. The number of phenols is 1. The van der Waals surface area contributed by atoms with Gasteiger partial charge in [-0.15, -0.1) is 0 Å². The average molecular weight is 1340 g/mol. The lowest BCUT2D eigenvalue weighted by Gasteiger charge is -2.31. The number of hydrogen-bond donors (Lipinski definition) is 10. The number of amides is 7. The van der Waals surface area contributed by atoms with Crippen LogP contribution in [0.15, 0.2) is 103 Å². The second kappa shape index (κ2) is 33.5. The predicted octanol–water partition coefficient (Wildman–Crippen LogP) is 5.01. The van der Waals surface area contributed by atoms with Crippen LogP contribution in [0.1, 0.15) is 79.8 Å². The maximum absolute atomic E-state index is 14.6. The summed E-state index contributed by atoms with van der Waals surface area (Å²) in [5, 5.41) is 32.7. The number of esters is 1. The number of alkyl halides is 9. The van der Waals surface area contributed by atoms with Crippen molar-refractivity contribution < 1.29 is 102 Å². The highest BCUT2D eigenvalue weighted by molar-refractivity contribution is 7.84. The first kappa shape index (κ1) is 74.7. The van der Waals surface area contributed by atoms with Crippen molar-refractivity contribution in [1.29, 1.82) is 0 Å². The van der Waals surface area contributed by atoms with Gasteiger partial charge in [0, 0.05) is 59.3 Å². The van der Waals surface area contributed by atoms with Crippen LogP contribution in [0.3, 0.4) is 0 Å². The van der Waals surface area contributed by atoms with E-state index < -0.39 is 155 Å². The molecular weight excluding hydrogens is 1270 g/mol. The van der Waals surface area contributed by atoms with Crippen molar-refractivity contribution in [3.8, 4) is 5.75 Å². The molecule has 506 valence electrons. The van der Waals surface area contributed by atoms with Crippen molar-refractivity contribution in [2.75, 3.05) is 25.1 Å². The molecule has 32 heteroatoms. The van der Waals surface area contributed by atoms with E-state index in [0.717, 1.165) is 0 Å². The number of aromatic nitrogens is 1. The SMILES string of the molecule is CC(C)C[C@H](NC(=O)[C@@H]1CCCN1C(=O)[C@H](CCS(C)=O)NC(=O)[C@H](Cc1ccccc1)NC(=O)CNC(=O)[C@@H](C)NC(=O)[C@@H](N)Cc1ccc(O)cc1)C(=O)N[C@@H](Cc1c[nH]c2ccccc12)C(=O)OCc1cc(C(F)(F)F)cc(C(F)(F)F)c1.O=C(O)C(F)(F)F. The molecule has 6 rings (SSSR count). The van der Waals surface area contributed by atoms with Gasteiger partial charge in [-0.05, 0) is 104 Å². The number of hydrogen-bond acceptors (Lipinski definition) is 13. The van der Waals surface area contributed by atoms with E-state index in [1.54, 1.807) is 86.8 Å². The number of nitrogens with one attached hydrogen (secondary N) is 7. The van der Waals surface area contributed by atoms with E-state index in [4.69, 9.17) is 20.4 Å². The summed E-state index contributed by atoms with van der Waals surface area (Å²) < 4.78 is 132. The molecule has 7 amide bonds. The zero-order valence-corrected chi connectivity index (χ0v) is 51.2. The number of aromatic amines is 1. The molecule has 0 bridgehead atoms. The van der Waals surface area contributed by atoms with Gasteiger partial charge >= 0.3 is 30.5 Å². The molecule has 1 aliphatic rings. The van der Waals surface area contributed by atoms with Gasteiger partial charge in [0.2, 0.25) is 41.4 Å². The van der Waals surface area contributed by atoms with Crippen molar-refractivity contribution in [3.05, 3.63) is 137 Å². The van der Waals surface area contributed by atoms with Crippen LogP contribution < -0.4 is 37.6 Å². The third kappa shape index (κ3) is 23.5. The minimum Gasteiger partial charge on any atom is -0.508 e. The fourth-order valence-electron chi connectivity index (χ4n) is 9.62. The number of carboxylic acid groups (broad SMARTS) is 1. The number of halogens is 9. The fourth-order valence-corrected chi connectivity index (χ4v) is 10.2. The Balaban J connectivity index is 0.00000211. The smallest absolute Gasteiger partial charge is 0.490 e. The lowest BCUT2D eigenvalue weighted by Crippen LogP contribution is -2.59. The molecule has 0 radical (unpaired) electrons. The number of rotatable bonds is 27. The van der Waals surface area contributed by atoms with Crippen LogP contribution in [0, 0.1) is 5.92 Å². The topological polar surface area (TPSA) is 338 Å². The van der Waals surface area contributed by atoms with Crippen LogP contribution in [0.4, 0.5) is 39.5 Å². The van der Waals surface area contributed by atoms with Crippen molar-refractivity contribution in [1.82, 2.24) is 41.8 Å². The van der Waals surface area contributed by atoms with E-state index >= 15 is 0 Å². The zero-order valence-electron chi connectivity index (χ0n) is 50.4. The van der Waals surface area contributed by atoms with Gasteiger partial charge < -0.3 is 62.5 Å². The minimum absolute atomic E-state index is 0.00152. The molecule has 93 heavy (non-hydrogen) atoms. The number of para-hydroxylation sites is 1. The van der Waals surface area contributed by atoms with Gasteiger partial charge in [0.1, 0.15) is 48.6 Å². The highest BCUT2D eigenvalue weighted by atomic mass is 32.2. The third-order valence-electron chi connectivity index (χ3n) is 14.3. The molecule has 11 N–H and O–H groups in total. The Morgan fingerprint density at radius 2 is 1.27 bits per heavy atom. The monoisotopic (exact) mass is 1340 g/mol. The van der Waals surface area contributed by atoms with Gasteiger partial charge in [-0.3, -0.25) is 37.8 Å². The molecule has 1 saturated heterocycles. The van der Waals surface area contributed by atoms with E-state index in [0.29, 0.717) is 39.7 Å². The first-order valence-electron chi connectivity index (χ1n) is 28.8. The van der Waals surface area contributed by atoms with Crippen LogP contribution >= 0.6 is 0 Å². The average Bonchev–Trinajstić information content (AvgIpc) is 1.73. The van der Waals surface area contributed by atoms with E-state index in [1.807, 2.05) is 0 Å². The molecule has 8 atom stereocenters. The summed E-state index contributed by atoms with van der Waals surface area (Å²) >= 11 is 0. The quantitative estimate of drug-likeness (QED) is 0.0244. The van der Waals surface area contributed by atoms with Crippen molar-refractivity contribution in [2.24, 2.45) is 11.7 Å². The third-order valence-corrected chi connectivity index (χ3v) is 15.1. The summed E-state index contributed by atoms with van der Waals surface area (Å²) in [6.45, 7) is 3.14. The van der Waals surface area contributed by atoms with Crippen LogP contribution in [0.2, 0.25) is 0 Å². The van der Waals surface area contributed by atoms with Crippen molar-refractivity contribution in [3.63, 3.8) is 0 Å². The number of carboxylic acids is 1. The summed E-state index contributed by atoms with van der Waals surface area (Å²) in [6, 6.07) is 12.9. The Labute approximate surface area is 529 Å². The highest BCUT2D eigenvalue weighted by Crippen LogP contribution is 2.37. The number of aromatic hydroxyl groups is 1. The Bertz CT molecular complexity index is 3430. The first-order valence-corrected chi connectivity index (χ1v) is 30.5. The Hall–Kier alpha value is -9.07. The molecule has 1 aliphatic heterocycles. The number of fused-ring (bicyclic) bond motifs is 1. The Kier molecular flexibility index (Phi) is 26.9. The standard InChI is InChI=1S/C59H69F6N9O11S.C2HF3O2/c1-33(2)23-46(53(79)73-48(28-38-30-67-44-14-9-8-13-42(38)44)57(83)85-32-37-24-39(58(60,61)62)29-40(25-37)59(63,64)65)72-55(81)49-15-10-21-74(49)56(82)45(20-22-86(4)84)71-54(80)47(27-35-11-6-5-7-12-35)70-50(76)31-68-51(77)34(3)69-52(78)43(66)26-36-16-18-41(75)19-17-36;3-2(4,5)1(6)7/h5-9,11-14,16-19,24-25,29-30,33-34,43,45-49,67,75H,10,15,20-23,26-28,31-32,66H2,1-4H3,(H,68,77)(H,69,78)(H,70,76)(H,71,80)(H,72,81)(H,73,79);(H,6,7)/t34-,43+,45+,46+,47+,48+,49+,86?;/m1./s1. The Morgan fingerprint density at radius 3 is 1.86 bits per heavy atom. The second-order valence-electron chi connectivity index (χ2n) is 22.2. The van der Waals surface area contributed by atoms with Gasteiger partial charge in [-0.2, -0.15) is 39.5 Å². The lowest BCUT2D eigenvalue weighted by atomic mass is 10.0. The van der Waals surface area contributed by atoms with Crippen molar-refractivity contribution in [2.45, 2.75) is 133 Å². The number of carbonyl (C=O) groups is 9. The summed E-state index contributed by atoms with van der Waals surface area (Å²) in [4.78, 5) is 124. The van der Waals surface area contributed by atoms with E-state index in [1.165, 1.54) is 30.2 Å². The van der Waals surface area contributed by atoms with Crippen LogP contribution in [-0.2, 0) is 96.9 Å². The number of nitrogens with two attached hydrogens (primary N) is 1. The predicted molar refractivity (Wildman–Crippen MR) is 318 cm³/mol. The Morgan fingerprint density at radius 1 is 0.688 bits per heavy atom. The maximum Gasteiger partial charge on any atom is 0.490 e. The molecule has 5 aromatic rings. The first-order chi connectivity index (χ1) is 43.5. The molecule has 1 fully saturated rings. The van der Waals surface area contributed by atoms with Gasteiger partial charge in [0.15, 0.2) is 0 Å². The number of ether oxygens (including phenoxy) is 1. The van der Waals surface area contributed by atoms with E-state index in [-0.39, 0.29) is 75.0 Å². The van der Waals surface area contributed by atoms with Crippen LogP contribution in [0.25, 0.3) is 10.9 Å². The van der Waals surface area contributed by atoms with E-state index in [2.05, 4.69) is 36.9 Å². The maximum atomic E-state index is 14.6.